The number of nitrogens with one attached hydrogen (secondary N) is 1. The van der Waals surface area contributed by atoms with Gasteiger partial charge in [-0.05, 0) is 55.3 Å². The van der Waals surface area contributed by atoms with Crippen molar-refractivity contribution in [3.63, 3.8) is 0 Å². The van der Waals surface area contributed by atoms with Crippen LogP contribution >= 0.6 is 23.1 Å². The molecular weight excluding hydrogens is 274 g/mol. The normalized spacial score (nSPS) is 26.9. The Balaban J connectivity index is 1.83. The molecule has 1 aliphatic rings. The van der Waals surface area contributed by atoms with Gasteiger partial charge in [0.15, 0.2) is 0 Å². The molecule has 4 heteroatoms. The van der Waals surface area contributed by atoms with Crippen LogP contribution < -0.4 is 5.32 Å². The molecule has 0 radical (unpaired) electrons. The average molecular weight is 300 g/mol. The Hall–Kier alpha value is -0.0300. The van der Waals surface area contributed by atoms with E-state index in [1.54, 1.807) is 0 Å². The van der Waals surface area contributed by atoms with E-state index >= 15 is 0 Å². The molecule has 2 N–H and O–H groups in total. The van der Waals surface area contributed by atoms with E-state index in [1.165, 1.54) is 29.2 Å². The summed E-state index contributed by atoms with van der Waals surface area (Å²) in [5.41, 5.74) is 0.00597. The fraction of sp³-hybridized carbons (Fsp3) is 0.733. The van der Waals surface area contributed by atoms with Gasteiger partial charge in [0.2, 0.25) is 0 Å². The second-order valence-electron chi connectivity index (χ2n) is 5.40. The zero-order valence-electron chi connectivity index (χ0n) is 11.7. The summed E-state index contributed by atoms with van der Waals surface area (Å²) in [6.45, 7) is 3.51. The zero-order chi connectivity index (χ0) is 13.6. The second kappa shape index (κ2) is 7.67. The number of thioether (sulfide) groups is 1. The molecule has 1 aliphatic carbocycles. The first-order chi connectivity index (χ1) is 9.30. The van der Waals surface area contributed by atoms with Crippen LogP contribution in [0.25, 0.3) is 0 Å². The fourth-order valence-corrected chi connectivity index (χ4v) is 5.00. The maximum Gasteiger partial charge on any atom is 0.0616 e. The molecule has 0 amide bonds. The molecule has 0 aliphatic heterocycles. The predicted octanol–water partition coefficient (Wildman–Crippen LogP) is 3.76. The first-order valence-corrected chi connectivity index (χ1v) is 9.19. The summed E-state index contributed by atoms with van der Waals surface area (Å²) in [6, 6.07) is 4.31. The molecule has 0 spiro atoms. The van der Waals surface area contributed by atoms with E-state index in [4.69, 9.17) is 0 Å². The molecule has 1 aromatic heterocycles. The van der Waals surface area contributed by atoms with E-state index in [1.807, 2.05) is 23.1 Å². The largest absolute Gasteiger partial charge is 0.394 e. The van der Waals surface area contributed by atoms with Crippen LogP contribution in [0.2, 0.25) is 0 Å². The van der Waals surface area contributed by atoms with Crippen LogP contribution in [0.4, 0.5) is 0 Å². The quantitative estimate of drug-likeness (QED) is 0.717. The van der Waals surface area contributed by atoms with Gasteiger partial charge in [0.05, 0.1) is 10.8 Å². The molecule has 1 aromatic rings. The van der Waals surface area contributed by atoms with E-state index in [0.717, 1.165) is 19.4 Å². The molecule has 1 fully saturated rings. The maximum atomic E-state index is 9.83. The highest BCUT2D eigenvalue weighted by Crippen LogP contribution is 2.39. The number of hydrogen-bond acceptors (Lipinski definition) is 4. The van der Waals surface area contributed by atoms with Crippen molar-refractivity contribution < 1.29 is 5.11 Å². The molecule has 0 saturated heterocycles. The Kier molecular flexibility index (Phi) is 6.20. The summed E-state index contributed by atoms with van der Waals surface area (Å²) in [5.74, 6) is 1.80. The predicted molar refractivity (Wildman–Crippen MR) is 85.1 cm³/mol. The molecular formula is C15H25NOS2. The van der Waals surface area contributed by atoms with Crippen molar-refractivity contribution in [2.75, 3.05) is 18.9 Å². The minimum absolute atomic E-state index is 0.00597. The zero-order valence-corrected chi connectivity index (χ0v) is 13.4. The van der Waals surface area contributed by atoms with Crippen LogP contribution in [0.5, 0.6) is 0 Å². The lowest BCUT2D eigenvalue weighted by Crippen LogP contribution is -2.51. The first-order valence-electron chi connectivity index (χ1n) is 7.33. The van der Waals surface area contributed by atoms with E-state index in [9.17, 15) is 5.11 Å². The van der Waals surface area contributed by atoms with Gasteiger partial charge in [-0.2, -0.15) is 0 Å². The van der Waals surface area contributed by atoms with Gasteiger partial charge in [-0.3, -0.25) is 0 Å². The van der Waals surface area contributed by atoms with Crippen molar-refractivity contribution in [1.29, 1.82) is 0 Å². The first kappa shape index (κ1) is 15.4. The third-order valence-electron chi connectivity index (χ3n) is 4.17. The van der Waals surface area contributed by atoms with Crippen LogP contribution in [-0.2, 0) is 0 Å². The van der Waals surface area contributed by atoms with Gasteiger partial charge >= 0.3 is 0 Å². The van der Waals surface area contributed by atoms with Crippen LogP contribution in [0, 0.1) is 5.92 Å². The Morgan fingerprint density at radius 3 is 3.16 bits per heavy atom. The lowest BCUT2D eigenvalue weighted by atomic mass is 9.85. The molecule has 0 bridgehead atoms. The molecule has 2 nitrogen and oxygen atoms in total. The van der Waals surface area contributed by atoms with Gasteiger partial charge in [-0.1, -0.05) is 19.4 Å². The summed E-state index contributed by atoms with van der Waals surface area (Å²) in [6.07, 6.45) is 6.00. The molecule has 19 heavy (non-hydrogen) atoms. The Bertz CT molecular complexity index is 355. The summed E-state index contributed by atoms with van der Waals surface area (Å²) in [5, 5.41) is 15.6. The Morgan fingerprint density at radius 1 is 1.58 bits per heavy atom. The SMILES string of the molecule is CCCNC1(CO)CCCC1CCSc1cccs1. The van der Waals surface area contributed by atoms with E-state index in [2.05, 4.69) is 29.8 Å². The van der Waals surface area contributed by atoms with Crippen LogP contribution in [-0.4, -0.2) is 29.5 Å². The number of rotatable bonds is 8. The fourth-order valence-electron chi connectivity index (χ4n) is 3.08. The Labute approximate surface area is 125 Å². The standard InChI is InChI=1S/C15H25NOS2/c1-2-9-16-15(12-17)8-3-5-13(15)7-11-19-14-6-4-10-18-14/h4,6,10,13,16-17H,2-3,5,7-9,11-12H2,1H3. The van der Waals surface area contributed by atoms with E-state index in [-0.39, 0.29) is 5.54 Å². The molecule has 1 saturated carbocycles. The average Bonchev–Trinajstić information content (AvgIpc) is 3.07. The highest BCUT2D eigenvalue weighted by atomic mass is 32.2. The van der Waals surface area contributed by atoms with Crippen molar-refractivity contribution in [1.82, 2.24) is 5.32 Å². The minimum atomic E-state index is 0.00597. The number of aliphatic hydroxyl groups excluding tert-OH is 1. The molecule has 0 aromatic carbocycles. The lowest BCUT2D eigenvalue weighted by Gasteiger charge is -2.35. The molecule has 2 rings (SSSR count). The van der Waals surface area contributed by atoms with E-state index in [0.29, 0.717) is 12.5 Å². The van der Waals surface area contributed by atoms with Crippen molar-refractivity contribution in [3.05, 3.63) is 17.5 Å². The van der Waals surface area contributed by atoms with Gasteiger partial charge in [0, 0.05) is 5.54 Å². The number of aliphatic hydroxyl groups is 1. The van der Waals surface area contributed by atoms with Crippen molar-refractivity contribution in [3.8, 4) is 0 Å². The van der Waals surface area contributed by atoms with Gasteiger partial charge in [0.25, 0.3) is 0 Å². The molecule has 108 valence electrons. The molecule has 2 atom stereocenters. The topological polar surface area (TPSA) is 32.3 Å². The van der Waals surface area contributed by atoms with Crippen LogP contribution in [0.1, 0.15) is 39.0 Å². The number of thiophene rings is 1. The summed E-state index contributed by atoms with van der Waals surface area (Å²) in [7, 11) is 0. The highest BCUT2D eigenvalue weighted by Gasteiger charge is 2.41. The summed E-state index contributed by atoms with van der Waals surface area (Å²) >= 11 is 3.78. The van der Waals surface area contributed by atoms with E-state index < -0.39 is 0 Å². The Morgan fingerprint density at radius 2 is 2.47 bits per heavy atom. The van der Waals surface area contributed by atoms with Crippen LogP contribution in [0.3, 0.4) is 0 Å². The molecule has 2 unspecified atom stereocenters. The number of hydrogen-bond donors (Lipinski definition) is 2. The minimum Gasteiger partial charge on any atom is -0.394 e. The third kappa shape index (κ3) is 3.97. The summed E-state index contributed by atoms with van der Waals surface area (Å²) < 4.78 is 1.41. The maximum absolute atomic E-state index is 9.83. The summed E-state index contributed by atoms with van der Waals surface area (Å²) in [4.78, 5) is 0. The lowest BCUT2D eigenvalue weighted by molar-refractivity contribution is 0.122. The highest BCUT2D eigenvalue weighted by molar-refractivity contribution is 8.01. The second-order valence-corrected chi connectivity index (χ2v) is 7.74. The van der Waals surface area contributed by atoms with Crippen molar-refractivity contribution >= 4 is 23.1 Å². The van der Waals surface area contributed by atoms with Crippen LogP contribution in [0.15, 0.2) is 21.7 Å². The molecule has 1 heterocycles. The van der Waals surface area contributed by atoms with Gasteiger partial charge < -0.3 is 10.4 Å². The van der Waals surface area contributed by atoms with Gasteiger partial charge in [0.1, 0.15) is 0 Å². The van der Waals surface area contributed by atoms with Crippen molar-refractivity contribution in [2.24, 2.45) is 5.92 Å². The smallest absolute Gasteiger partial charge is 0.0616 e. The van der Waals surface area contributed by atoms with Gasteiger partial charge in [-0.15, -0.1) is 23.1 Å². The van der Waals surface area contributed by atoms with Gasteiger partial charge in [-0.25, -0.2) is 0 Å². The monoisotopic (exact) mass is 299 g/mol. The third-order valence-corrected chi connectivity index (χ3v) is 6.34. The van der Waals surface area contributed by atoms with Crippen molar-refractivity contribution in [2.45, 2.75) is 48.8 Å².